The molecular formula is C16H21N3O. The van der Waals surface area contributed by atoms with E-state index in [1.807, 2.05) is 30.3 Å². The van der Waals surface area contributed by atoms with Gasteiger partial charge in [-0.2, -0.15) is 0 Å². The summed E-state index contributed by atoms with van der Waals surface area (Å²) in [6.07, 6.45) is 2.25. The molecule has 0 saturated heterocycles. The van der Waals surface area contributed by atoms with E-state index in [1.165, 1.54) is 0 Å². The molecule has 1 heterocycles. The van der Waals surface area contributed by atoms with Crippen LogP contribution in [-0.4, -0.2) is 24.0 Å². The Kier molecular flexibility index (Phi) is 4.93. The van der Waals surface area contributed by atoms with Crippen molar-refractivity contribution in [3.63, 3.8) is 0 Å². The molecule has 2 aromatic rings. The van der Waals surface area contributed by atoms with E-state index < -0.39 is 0 Å². The molecule has 106 valence electrons. The molecule has 2 rings (SSSR count). The number of fused-ring (bicyclic) bond motifs is 1. The average molecular weight is 271 g/mol. The molecule has 1 aromatic carbocycles. The van der Waals surface area contributed by atoms with Crippen molar-refractivity contribution in [2.45, 2.75) is 20.3 Å². The molecule has 0 unspecified atom stereocenters. The molecular weight excluding hydrogens is 250 g/mol. The van der Waals surface area contributed by atoms with Crippen molar-refractivity contribution in [3.05, 3.63) is 36.5 Å². The van der Waals surface area contributed by atoms with Crippen LogP contribution in [-0.2, 0) is 4.79 Å². The fraction of sp³-hybridized carbons (Fsp3) is 0.375. The average Bonchev–Trinajstić information content (AvgIpc) is 2.45. The van der Waals surface area contributed by atoms with E-state index in [1.54, 1.807) is 6.20 Å². The van der Waals surface area contributed by atoms with Crippen molar-refractivity contribution in [2.75, 3.05) is 18.4 Å². The van der Waals surface area contributed by atoms with Crippen molar-refractivity contribution in [1.82, 2.24) is 10.3 Å². The van der Waals surface area contributed by atoms with E-state index in [2.05, 4.69) is 29.5 Å². The minimum Gasteiger partial charge on any atom is -0.383 e. The Morgan fingerprint density at radius 1 is 1.25 bits per heavy atom. The van der Waals surface area contributed by atoms with Gasteiger partial charge in [0, 0.05) is 31.1 Å². The first kappa shape index (κ1) is 14.3. The molecule has 1 aromatic heterocycles. The van der Waals surface area contributed by atoms with Gasteiger partial charge in [-0.25, -0.2) is 0 Å². The van der Waals surface area contributed by atoms with Gasteiger partial charge in [-0.05, 0) is 18.1 Å². The summed E-state index contributed by atoms with van der Waals surface area (Å²) in [5, 5.41) is 7.29. The lowest BCUT2D eigenvalue weighted by Gasteiger charge is -2.10. The van der Waals surface area contributed by atoms with Gasteiger partial charge in [0.1, 0.15) is 0 Å². The number of rotatable bonds is 6. The van der Waals surface area contributed by atoms with E-state index in [0.29, 0.717) is 18.9 Å². The fourth-order valence-corrected chi connectivity index (χ4v) is 1.96. The van der Waals surface area contributed by atoms with Crippen LogP contribution in [0.15, 0.2) is 36.5 Å². The second-order valence-electron chi connectivity index (χ2n) is 5.26. The molecule has 20 heavy (non-hydrogen) atoms. The van der Waals surface area contributed by atoms with Crippen LogP contribution in [0.2, 0.25) is 0 Å². The molecule has 0 radical (unpaired) electrons. The van der Waals surface area contributed by atoms with E-state index in [9.17, 15) is 4.79 Å². The normalized spacial score (nSPS) is 10.8. The Balaban J connectivity index is 1.88. The summed E-state index contributed by atoms with van der Waals surface area (Å²) in [7, 11) is 0. The van der Waals surface area contributed by atoms with Gasteiger partial charge in [0.25, 0.3) is 0 Å². The Morgan fingerprint density at radius 2 is 2.05 bits per heavy atom. The lowest BCUT2D eigenvalue weighted by molar-refractivity contribution is -0.120. The number of hydrogen-bond acceptors (Lipinski definition) is 3. The first-order chi connectivity index (χ1) is 9.66. The standard InChI is InChI=1S/C16H21N3O/c1-12(2)11-19-15(20)8-10-17-14-7-3-5-13-6-4-9-18-16(13)14/h3-7,9,12,17H,8,10-11H2,1-2H3,(H,19,20). The highest BCUT2D eigenvalue weighted by molar-refractivity contribution is 5.90. The summed E-state index contributed by atoms with van der Waals surface area (Å²) < 4.78 is 0. The molecule has 0 atom stereocenters. The summed E-state index contributed by atoms with van der Waals surface area (Å²) in [4.78, 5) is 16.0. The third-order valence-corrected chi connectivity index (χ3v) is 3.01. The summed E-state index contributed by atoms with van der Waals surface area (Å²) in [5.41, 5.74) is 1.91. The van der Waals surface area contributed by atoms with Crippen molar-refractivity contribution in [2.24, 2.45) is 5.92 Å². The summed E-state index contributed by atoms with van der Waals surface area (Å²) in [6.45, 7) is 5.51. The number of anilines is 1. The van der Waals surface area contributed by atoms with Crippen LogP contribution in [0.25, 0.3) is 10.9 Å². The fourth-order valence-electron chi connectivity index (χ4n) is 1.96. The van der Waals surface area contributed by atoms with Crippen LogP contribution in [0.1, 0.15) is 20.3 Å². The molecule has 0 aliphatic rings. The molecule has 4 heteroatoms. The Morgan fingerprint density at radius 3 is 2.85 bits per heavy atom. The van der Waals surface area contributed by atoms with E-state index in [-0.39, 0.29) is 5.91 Å². The highest BCUT2D eigenvalue weighted by Crippen LogP contribution is 2.20. The van der Waals surface area contributed by atoms with Crippen LogP contribution in [0.4, 0.5) is 5.69 Å². The van der Waals surface area contributed by atoms with Gasteiger partial charge in [-0.1, -0.05) is 32.0 Å². The van der Waals surface area contributed by atoms with Gasteiger partial charge in [0.15, 0.2) is 0 Å². The lowest BCUT2D eigenvalue weighted by atomic mass is 10.2. The second-order valence-corrected chi connectivity index (χ2v) is 5.26. The molecule has 0 saturated carbocycles. The summed E-state index contributed by atoms with van der Waals surface area (Å²) in [5.74, 6) is 0.563. The monoisotopic (exact) mass is 271 g/mol. The second kappa shape index (κ2) is 6.89. The maximum absolute atomic E-state index is 11.6. The molecule has 0 fully saturated rings. The van der Waals surface area contributed by atoms with Crippen molar-refractivity contribution >= 4 is 22.5 Å². The van der Waals surface area contributed by atoms with Crippen LogP contribution < -0.4 is 10.6 Å². The lowest BCUT2D eigenvalue weighted by Crippen LogP contribution is -2.28. The molecule has 2 N–H and O–H groups in total. The van der Waals surface area contributed by atoms with Crippen molar-refractivity contribution in [1.29, 1.82) is 0 Å². The van der Waals surface area contributed by atoms with E-state index in [0.717, 1.165) is 23.1 Å². The van der Waals surface area contributed by atoms with Crippen LogP contribution in [0, 0.1) is 5.92 Å². The number of para-hydroxylation sites is 1. The number of aromatic nitrogens is 1. The zero-order chi connectivity index (χ0) is 14.4. The maximum atomic E-state index is 11.6. The highest BCUT2D eigenvalue weighted by Gasteiger charge is 2.04. The number of carbonyl (C=O) groups excluding carboxylic acids is 1. The van der Waals surface area contributed by atoms with Gasteiger partial charge in [-0.15, -0.1) is 0 Å². The predicted molar refractivity (Wildman–Crippen MR) is 82.7 cm³/mol. The number of nitrogens with one attached hydrogen (secondary N) is 2. The third kappa shape index (κ3) is 3.95. The number of amides is 1. The summed E-state index contributed by atoms with van der Waals surface area (Å²) >= 11 is 0. The smallest absolute Gasteiger partial charge is 0.221 e. The predicted octanol–water partition coefficient (Wildman–Crippen LogP) is 2.81. The quantitative estimate of drug-likeness (QED) is 0.849. The van der Waals surface area contributed by atoms with Crippen LogP contribution >= 0.6 is 0 Å². The maximum Gasteiger partial charge on any atom is 0.221 e. The first-order valence-corrected chi connectivity index (χ1v) is 7.01. The van der Waals surface area contributed by atoms with Gasteiger partial charge in [0.2, 0.25) is 5.91 Å². The van der Waals surface area contributed by atoms with Crippen LogP contribution in [0.5, 0.6) is 0 Å². The highest BCUT2D eigenvalue weighted by atomic mass is 16.1. The Labute approximate surface area is 119 Å². The van der Waals surface area contributed by atoms with Crippen molar-refractivity contribution in [3.8, 4) is 0 Å². The Bertz CT molecular complexity index is 575. The largest absolute Gasteiger partial charge is 0.383 e. The molecule has 0 spiro atoms. The Hall–Kier alpha value is -2.10. The number of hydrogen-bond donors (Lipinski definition) is 2. The summed E-state index contributed by atoms with van der Waals surface area (Å²) in [6, 6.07) is 9.96. The minimum absolute atomic E-state index is 0.0828. The topological polar surface area (TPSA) is 54.0 Å². The molecule has 1 amide bonds. The van der Waals surface area contributed by atoms with E-state index >= 15 is 0 Å². The number of benzene rings is 1. The zero-order valence-electron chi connectivity index (χ0n) is 12.0. The van der Waals surface area contributed by atoms with Gasteiger partial charge in [-0.3, -0.25) is 9.78 Å². The van der Waals surface area contributed by atoms with Crippen LogP contribution in [0.3, 0.4) is 0 Å². The number of pyridine rings is 1. The van der Waals surface area contributed by atoms with Crippen molar-refractivity contribution < 1.29 is 4.79 Å². The number of nitrogens with zero attached hydrogens (tertiary/aromatic N) is 1. The van der Waals surface area contributed by atoms with Gasteiger partial charge >= 0.3 is 0 Å². The van der Waals surface area contributed by atoms with Gasteiger partial charge < -0.3 is 10.6 Å². The van der Waals surface area contributed by atoms with E-state index in [4.69, 9.17) is 0 Å². The van der Waals surface area contributed by atoms with Gasteiger partial charge in [0.05, 0.1) is 11.2 Å². The molecule has 4 nitrogen and oxygen atoms in total. The zero-order valence-corrected chi connectivity index (χ0v) is 12.0. The minimum atomic E-state index is 0.0828. The molecule has 0 aliphatic heterocycles. The molecule has 0 aliphatic carbocycles. The first-order valence-electron chi connectivity index (χ1n) is 7.01. The molecule has 0 bridgehead atoms. The SMILES string of the molecule is CC(C)CNC(=O)CCNc1cccc2cccnc12. The number of carbonyl (C=O) groups is 1. The third-order valence-electron chi connectivity index (χ3n) is 3.01.